The third kappa shape index (κ3) is 8.02. The Kier molecular flexibility index (Phi) is 9.01. The summed E-state index contributed by atoms with van der Waals surface area (Å²) in [5.41, 5.74) is 1.20. The van der Waals surface area contributed by atoms with E-state index in [1.807, 2.05) is 38.1 Å². The van der Waals surface area contributed by atoms with Crippen LogP contribution in [0, 0.1) is 6.92 Å². The fourth-order valence-corrected chi connectivity index (χ4v) is 1.79. The van der Waals surface area contributed by atoms with Crippen LogP contribution in [0.5, 0.6) is 5.75 Å². The van der Waals surface area contributed by atoms with Gasteiger partial charge in [-0.25, -0.2) is 0 Å². The van der Waals surface area contributed by atoms with Crippen LogP contribution in [0.4, 0.5) is 0 Å². The van der Waals surface area contributed by atoms with E-state index < -0.39 is 6.10 Å². The van der Waals surface area contributed by atoms with Gasteiger partial charge in [0.15, 0.2) is 0 Å². The molecule has 0 radical (unpaired) electrons. The van der Waals surface area contributed by atoms with E-state index in [2.05, 4.69) is 5.32 Å². The molecule has 120 valence electrons. The lowest BCUT2D eigenvalue weighted by atomic mass is 10.2. The van der Waals surface area contributed by atoms with E-state index in [1.165, 1.54) is 5.56 Å². The standard InChI is InChI=1S/C16H27NO4/c1-3-15(21-16-6-4-13(2)5-7-16)12-20-11-14(19)10-17-8-9-18/h4-7,14-15,17-19H,3,8-12H2,1-2H3. The molecule has 0 aromatic heterocycles. The van der Waals surface area contributed by atoms with Gasteiger partial charge in [0.2, 0.25) is 0 Å². The number of aryl methyl sites for hydroxylation is 1. The van der Waals surface area contributed by atoms with Gasteiger partial charge in [0.1, 0.15) is 11.9 Å². The van der Waals surface area contributed by atoms with Crippen molar-refractivity contribution in [3.8, 4) is 5.75 Å². The molecule has 0 aliphatic heterocycles. The summed E-state index contributed by atoms with van der Waals surface area (Å²) in [5.74, 6) is 0.834. The van der Waals surface area contributed by atoms with Crippen LogP contribution >= 0.6 is 0 Å². The average Bonchev–Trinajstić information content (AvgIpc) is 2.48. The van der Waals surface area contributed by atoms with E-state index in [1.54, 1.807) is 0 Å². The zero-order chi connectivity index (χ0) is 15.5. The highest BCUT2D eigenvalue weighted by Crippen LogP contribution is 2.14. The third-order valence-electron chi connectivity index (χ3n) is 3.06. The molecule has 1 rings (SSSR count). The van der Waals surface area contributed by atoms with Gasteiger partial charge in [-0.3, -0.25) is 0 Å². The SMILES string of the molecule is CCC(COCC(O)CNCCO)Oc1ccc(C)cc1. The molecular formula is C16H27NO4. The first-order chi connectivity index (χ1) is 10.2. The van der Waals surface area contributed by atoms with Gasteiger partial charge in [0.05, 0.1) is 25.9 Å². The highest BCUT2D eigenvalue weighted by atomic mass is 16.5. The first-order valence-electron chi connectivity index (χ1n) is 7.46. The van der Waals surface area contributed by atoms with E-state index in [0.29, 0.717) is 19.7 Å². The lowest BCUT2D eigenvalue weighted by Crippen LogP contribution is -2.33. The number of rotatable bonds is 11. The molecule has 0 aliphatic carbocycles. The van der Waals surface area contributed by atoms with Crippen LogP contribution in [-0.2, 0) is 4.74 Å². The summed E-state index contributed by atoms with van der Waals surface area (Å²) in [4.78, 5) is 0. The topological polar surface area (TPSA) is 71.0 Å². The van der Waals surface area contributed by atoms with Crippen molar-refractivity contribution >= 4 is 0 Å². The second-order valence-corrected chi connectivity index (χ2v) is 5.08. The summed E-state index contributed by atoms with van der Waals surface area (Å²) in [6.07, 6.45) is 0.242. The quantitative estimate of drug-likeness (QED) is 0.534. The van der Waals surface area contributed by atoms with Crippen molar-refractivity contribution in [3.63, 3.8) is 0 Å². The van der Waals surface area contributed by atoms with Crippen molar-refractivity contribution in [2.45, 2.75) is 32.5 Å². The third-order valence-corrected chi connectivity index (χ3v) is 3.06. The molecule has 5 nitrogen and oxygen atoms in total. The highest BCUT2D eigenvalue weighted by molar-refractivity contribution is 5.26. The molecule has 0 amide bonds. The van der Waals surface area contributed by atoms with Gasteiger partial charge in [-0.1, -0.05) is 24.6 Å². The van der Waals surface area contributed by atoms with Crippen molar-refractivity contribution in [1.29, 1.82) is 0 Å². The van der Waals surface area contributed by atoms with E-state index in [0.717, 1.165) is 12.2 Å². The molecule has 0 fully saturated rings. The van der Waals surface area contributed by atoms with Gasteiger partial charge in [-0.2, -0.15) is 0 Å². The first-order valence-corrected chi connectivity index (χ1v) is 7.46. The van der Waals surface area contributed by atoms with Crippen molar-refractivity contribution in [1.82, 2.24) is 5.32 Å². The fourth-order valence-electron chi connectivity index (χ4n) is 1.79. The number of aliphatic hydroxyl groups excluding tert-OH is 2. The molecule has 21 heavy (non-hydrogen) atoms. The van der Waals surface area contributed by atoms with Gasteiger partial charge >= 0.3 is 0 Å². The number of hydrogen-bond acceptors (Lipinski definition) is 5. The maximum atomic E-state index is 9.67. The van der Waals surface area contributed by atoms with Gasteiger partial charge in [-0.15, -0.1) is 0 Å². The summed E-state index contributed by atoms with van der Waals surface area (Å²) >= 11 is 0. The number of hydrogen-bond donors (Lipinski definition) is 3. The molecular weight excluding hydrogens is 270 g/mol. The molecule has 1 aromatic carbocycles. The molecule has 0 saturated carbocycles. The summed E-state index contributed by atoms with van der Waals surface area (Å²) in [6.45, 7) is 5.74. The van der Waals surface area contributed by atoms with E-state index in [-0.39, 0.29) is 19.3 Å². The van der Waals surface area contributed by atoms with Crippen molar-refractivity contribution < 1.29 is 19.7 Å². The predicted octanol–water partition coefficient (Wildman–Crippen LogP) is 1.11. The lowest BCUT2D eigenvalue weighted by molar-refractivity contribution is -0.000452. The van der Waals surface area contributed by atoms with Gasteiger partial charge in [0.25, 0.3) is 0 Å². The Morgan fingerprint density at radius 3 is 2.52 bits per heavy atom. The number of benzene rings is 1. The van der Waals surface area contributed by atoms with E-state index >= 15 is 0 Å². The van der Waals surface area contributed by atoms with Gasteiger partial charge in [0, 0.05) is 13.1 Å². The molecule has 2 unspecified atom stereocenters. The second kappa shape index (κ2) is 10.6. The maximum Gasteiger partial charge on any atom is 0.122 e. The zero-order valence-corrected chi connectivity index (χ0v) is 12.9. The largest absolute Gasteiger partial charge is 0.488 e. The monoisotopic (exact) mass is 297 g/mol. The Bertz CT molecular complexity index is 369. The minimum Gasteiger partial charge on any atom is -0.488 e. The second-order valence-electron chi connectivity index (χ2n) is 5.08. The van der Waals surface area contributed by atoms with Crippen molar-refractivity contribution in [2.24, 2.45) is 0 Å². The Morgan fingerprint density at radius 2 is 1.90 bits per heavy atom. The molecule has 0 spiro atoms. The molecule has 5 heteroatoms. The van der Waals surface area contributed by atoms with Crippen LogP contribution in [0.1, 0.15) is 18.9 Å². The summed E-state index contributed by atoms with van der Waals surface area (Å²) in [5, 5.41) is 21.2. The maximum absolute atomic E-state index is 9.67. The molecule has 0 heterocycles. The Hall–Kier alpha value is -1.14. The smallest absolute Gasteiger partial charge is 0.122 e. The van der Waals surface area contributed by atoms with E-state index in [9.17, 15) is 5.11 Å². The Labute approximate surface area is 126 Å². The molecule has 2 atom stereocenters. The first kappa shape index (κ1) is 17.9. The molecule has 0 aliphatic rings. The number of aliphatic hydroxyl groups is 2. The van der Waals surface area contributed by atoms with Gasteiger partial charge in [-0.05, 0) is 25.5 Å². The normalized spacial score (nSPS) is 13.9. The lowest BCUT2D eigenvalue weighted by Gasteiger charge is -2.19. The van der Waals surface area contributed by atoms with Crippen molar-refractivity contribution in [2.75, 3.05) is 32.9 Å². The fraction of sp³-hybridized carbons (Fsp3) is 0.625. The number of nitrogens with one attached hydrogen (secondary N) is 1. The van der Waals surface area contributed by atoms with E-state index in [4.69, 9.17) is 14.6 Å². The minimum atomic E-state index is -0.576. The Balaban J connectivity index is 2.23. The zero-order valence-electron chi connectivity index (χ0n) is 12.9. The van der Waals surface area contributed by atoms with Crippen LogP contribution in [0.2, 0.25) is 0 Å². The average molecular weight is 297 g/mol. The highest BCUT2D eigenvalue weighted by Gasteiger charge is 2.10. The minimum absolute atomic E-state index is 0.0229. The van der Waals surface area contributed by atoms with Crippen LogP contribution in [0.25, 0.3) is 0 Å². The molecule has 0 saturated heterocycles. The van der Waals surface area contributed by atoms with Crippen LogP contribution in [0.15, 0.2) is 24.3 Å². The Morgan fingerprint density at radius 1 is 1.19 bits per heavy atom. The summed E-state index contributed by atoms with van der Waals surface area (Å²) in [6, 6.07) is 7.93. The van der Waals surface area contributed by atoms with Crippen LogP contribution in [-0.4, -0.2) is 55.3 Å². The number of ether oxygens (including phenoxy) is 2. The predicted molar refractivity (Wildman–Crippen MR) is 82.7 cm³/mol. The molecule has 1 aromatic rings. The summed E-state index contributed by atoms with van der Waals surface area (Å²) < 4.78 is 11.3. The van der Waals surface area contributed by atoms with Crippen LogP contribution < -0.4 is 10.1 Å². The molecule has 3 N–H and O–H groups in total. The van der Waals surface area contributed by atoms with Crippen molar-refractivity contribution in [3.05, 3.63) is 29.8 Å². The van der Waals surface area contributed by atoms with Gasteiger partial charge < -0.3 is 25.0 Å². The summed E-state index contributed by atoms with van der Waals surface area (Å²) in [7, 11) is 0. The van der Waals surface area contributed by atoms with Crippen LogP contribution in [0.3, 0.4) is 0 Å². The molecule has 0 bridgehead atoms.